The number of nitrogens with one attached hydrogen (secondary N) is 1. The normalized spacial score (nSPS) is 22.9. The number of hydrogen-bond acceptors (Lipinski definition) is 3. The topological polar surface area (TPSA) is 35.6 Å². The second kappa shape index (κ2) is 10.1. The molecule has 0 saturated carbocycles. The summed E-state index contributed by atoms with van der Waals surface area (Å²) in [5.74, 6) is 0.208. The summed E-state index contributed by atoms with van der Waals surface area (Å²) in [5.41, 5.74) is 1.23. The third kappa shape index (κ3) is 6.25. The van der Waals surface area contributed by atoms with E-state index in [2.05, 4.69) is 22.3 Å². The van der Waals surface area contributed by atoms with Crippen molar-refractivity contribution in [2.24, 2.45) is 5.92 Å². The molecule has 3 rings (SSSR count). The summed E-state index contributed by atoms with van der Waals surface area (Å²) in [7, 11) is 0. The molecule has 4 nitrogen and oxygen atoms in total. The summed E-state index contributed by atoms with van der Waals surface area (Å²) in [4.78, 5) is 16.8. The van der Waals surface area contributed by atoms with E-state index in [0.29, 0.717) is 12.6 Å². The van der Waals surface area contributed by atoms with Gasteiger partial charge in [0, 0.05) is 19.1 Å². The lowest BCUT2D eigenvalue weighted by atomic mass is 9.93. The number of hydrogen-bond donors (Lipinski definition) is 1. The molecule has 2 aliphatic heterocycles. The molecule has 2 heterocycles. The third-order valence-electron chi connectivity index (χ3n) is 5.85. The van der Waals surface area contributed by atoms with Gasteiger partial charge < -0.3 is 5.32 Å². The molecule has 1 amide bonds. The summed E-state index contributed by atoms with van der Waals surface area (Å²) in [6.07, 6.45) is 2.43. The summed E-state index contributed by atoms with van der Waals surface area (Å²) >= 11 is 0. The van der Waals surface area contributed by atoms with E-state index < -0.39 is 6.43 Å². The first kappa shape index (κ1) is 20.2. The predicted octanol–water partition coefficient (Wildman–Crippen LogP) is 2.79. The van der Waals surface area contributed by atoms with Gasteiger partial charge >= 0.3 is 0 Å². The number of alkyl halides is 2. The minimum atomic E-state index is -2.25. The van der Waals surface area contributed by atoms with Crippen molar-refractivity contribution in [1.29, 1.82) is 0 Å². The van der Waals surface area contributed by atoms with Crippen molar-refractivity contribution in [2.45, 2.75) is 44.6 Å². The first-order valence-corrected chi connectivity index (χ1v) is 10.2. The summed E-state index contributed by atoms with van der Waals surface area (Å²) < 4.78 is 25.0. The summed E-state index contributed by atoms with van der Waals surface area (Å²) in [5, 5.41) is 3.10. The Morgan fingerprint density at radius 1 is 1.11 bits per heavy atom. The zero-order valence-corrected chi connectivity index (χ0v) is 16.0. The van der Waals surface area contributed by atoms with Crippen LogP contribution in [-0.2, 0) is 11.2 Å². The fraction of sp³-hybridized carbons (Fsp3) is 0.667. The highest BCUT2D eigenvalue weighted by Crippen LogP contribution is 2.24. The fourth-order valence-electron chi connectivity index (χ4n) is 4.33. The van der Waals surface area contributed by atoms with Gasteiger partial charge in [-0.05, 0) is 57.3 Å². The van der Waals surface area contributed by atoms with Crippen molar-refractivity contribution in [1.82, 2.24) is 15.1 Å². The molecular weight excluding hydrogens is 348 g/mol. The van der Waals surface area contributed by atoms with E-state index >= 15 is 0 Å². The lowest BCUT2D eigenvalue weighted by Crippen LogP contribution is -2.51. The molecule has 2 fully saturated rings. The Kier molecular flexibility index (Phi) is 7.59. The molecule has 2 aliphatic rings. The molecule has 1 aromatic carbocycles. The molecule has 2 saturated heterocycles. The second-order valence-electron chi connectivity index (χ2n) is 7.78. The van der Waals surface area contributed by atoms with Crippen molar-refractivity contribution in [2.75, 3.05) is 39.3 Å². The predicted molar refractivity (Wildman–Crippen MR) is 103 cm³/mol. The van der Waals surface area contributed by atoms with Gasteiger partial charge in [0.05, 0.1) is 12.5 Å². The number of piperidine rings is 2. The molecule has 1 N–H and O–H groups in total. The molecule has 6 heteroatoms. The average Bonchev–Trinajstić information content (AvgIpc) is 2.69. The van der Waals surface area contributed by atoms with Crippen LogP contribution in [0.5, 0.6) is 0 Å². The minimum Gasteiger partial charge on any atom is -0.355 e. The maximum atomic E-state index is 12.6. The molecule has 27 heavy (non-hydrogen) atoms. The number of amides is 1. The maximum Gasteiger partial charge on any atom is 0.251 e. The smallest absolute Gasteiger partial charge is 0.251 e. The van der Waals surface area contributed by atoms with Crippen LogP contribution in [0.15, 0.2) is 30.3 Å². The first-order chi connectivity index (χ1) is 13.1. The van der Waals surface area contributed by atoms with Gasteiger partial charge in [-0.3, -0.25) is 14.6 Å². The number of carbonyl (C=O) groups excluding carboxylic acids is 1. The van der Waals surface area contributed by atoms with Crippen LogP contribution in [0.25, 0.3) is 0 Å². The summed E-state index contributed by atoms with van der Waals surface area (Å²) in [6.45, 7) is 3.85. The number of likely N-dealkylation sites (tertiary alicyclic amines) is 2. The second-order valence-corrected chi connectivity index (χ2v) is 7.78. The van der Waals surface area contributed by atoms with Crippen molar-refractivity contribution in [3.05, 3.63) is 35.9 Å². The van der Waals surface area contributed by atoms with Crippen molar-refractivity contribution in [3.63, 3.8) is 0 Å². The van der Waals surface area contributed by atoms with Crippen molar-refractivity contribution < 1.29 is 13.6 Å². The Hall–Kier alpha value is -1.53. The van der Waals surface area contributed by atoms with Gasteiger partial charge in [0.15, 0.2) is 0 Å². The van der Waals surface area contributed by atoms with E-state index in [1.165, 1.54) is 5.56 Å². The Labute approximate surface area is 160 Å². The highest BCUT2D eigenvalue weighted by atomic mass is 19.3. The Morgan fingerprint density at radius 3 is 2.56 bits per heavy atom. The zero-order chi connectivity index (χ0) is 19.1. The summed E-state index contributed by atoms with van der Waals surface area (Å²) in [6, 6.07) is 10.6. The number of carbonyl (C=O) groups is 1. The van der Waals surface area contributed by atoms with Crippen LogP contribution < -0.4 is 5.32 Å². The van der Waals surface area contributed by atoms with E-state index in [1.807, 2.05) is 23.1 Å². The van der Waals surface area contributed by atoms with Crippen LogP contribution in [0.2, 0.25) is 0 Å². The molecule has 0 aromatic heterocycles. The van der Waals surface area contributed by atoms with E-state index in [1.54, 1.807) is 0 Å². The largest absolute Gasteiger partial charge is 0.355 e. The molecule has 1 aromatic rings. The SMILES string of the molecule is O=C(NCCc1ccccc1)C1CCCN(C2CCN(CC(F)F)CC2)C1. The lowest BCUT2D eigenvalue weighted by molar-refractivity contribution is -0.127. The lowest BCUT2D eigenvalue weighted by Gasteiger charge is -2.42. The number of nitrogens with zero attached hydrogens (tertiary/aromatic N) is 2. The Balaban J connectivity index is 1.40. The van der Waals surface area contributed by atoms with Gasteiger partial charge in [0.25, 0.3) is 6.43 Å². The van der Waals surface area contributed by atoms with Gasteiger partial charge in [-0.15, -0.1) is 0 Å². The Morgan fingerprint density at radius 2 is 1.85 bits per heavy atom. The van der Waals surface area contributed by atoms with Crippen LogP contribution in [-0.4, -0.2) is 67.4 Å². The van der Waals surface area contributed by atoms with Gasteiger partial charge in [-0.1, -0.05) is 30.3 Å². The molecule has 1 unspecified atom stereocenters. The molecule has 0 aliphatic carbocycles. The van der Waals surface area contributed by atoms with E-state index in [-0.39, 0.29) is 18.4 Å². The zero-order valence-electron chi connectivity index (χ0n) is 16.0. The number of rotatable bonds is 7. The van der Waals surface area contributed by atoms with Crippen LogP contribution in [0, 0.1) is 5.92 Å². The van der Waals surface area contributed by atoms with Crippen LogP contribution in [0.1, 0.15) is 31.2 Å². The monoisotopic (exact) mass is 379 g/mol. The standard InChI is InChI=1S/C21H31F2N3O/c22-20(23)16-25-13-9-19(10-14-25)26-12-4-7-18(15-26)21(27)24-11-8-17-5-2-1-3-6-17/h1-3,5-6,18-20H,4,7-16H2,(H,24,27). The maximum absolute atomic E-state index is 12.6. The van der Waals surface area contributed by atoms with Gasteiger partial charge in [0.1, 0.15) is 0 Å². The van der Waals surface area contributed by atoms with Crippen LogP contribution >= 0.6 is 0 Å². The molecular formula is C21H31F2N3O. The van der Waals surface area contributed by atoms with Crippen molar-refractivity contribution in [3.8, 4) is 0 Å². The van der Waals surface area contributed by atoms with E-state index in [9.17, 15) is 13.6 Å². The van der Waals surface area contributed by atoms with E-state index in [4.69, 9.17) is 0 Å². The highest BCUT2D eigenvalue weighted by molar-refractivity contribution is 5.79. The van der Waals surface area contributed by atoms with Gasteiger partial charge in [-0.2, -0.15) is 0 Å². The average molecular weight is 379 g/mol. The first-order valence-electron chi connectivity index (χ1n) is 10.2. The van der Waals surface area contributed by atoms with Crippen LogP contribution in [0.3, 0.4) is 0 Å². The van der Waals surface area contributed by atoms with E-state index in [0.717, 1.165) is 58.3 Å². The third-order valence-corrected chi connectivity index (χ3v) is 5.85. The molecule has 1 atom stereocenters. The molecule has 0 bridgehead atoms. The molecule has 0 spiro atoms. The quantitative estimate of drug-likeness (QED) is 0.791. The van der Waals surface area contributed by atoms with Crippen LogP contribution in [0.4, 0.5) is 8.78 Å². The minimum absolute atomic E-state index is 0.0496. The van der Waals surface area contributed by atoms with Crippen molar-refractivity contribution >= 4 is 5.91 Å². The Bertz CT molecular complexity index is 576. The molecule has 150 valence electrons. The van der Waals surface area contributed by atoms with Gasteiger partial charge in [-0.25, -0.2) is 8.78 Å². The number of halogens is 2. The van der Waals surface area contributed by atoms with Gasteiger partial charge in [0.2, 0.25) is 5.91 Å². The highest BCUT2D eigenvalue weighted by Gasteiger charge is 2.31. The fourth-order valence-corrected chi connectivity index (χ4v) is 4.33. The number of benzene rings is 1. The molecule has 0 radical (unpaired) electrons.